The number of carbonyl (C=O) groups excluding carboxylic acids is 2. The molecule has 3 N–H and O–H groups in total. The number of pyridine rings is 1. The van der Waals surface area contributed by atoms with Crippen LogP contribution in [0.25, 0.3) is 11.1 Å². The maximum atomic E-state index is 12.5. The zero-order valence-corrected chi connectivity index (χ0v) is 12.8. The molecule has 0 radical (unpaired) electrons. The summed E-state index contributed by atoms with van der Waals surface area (Å²) in [5.41, 5.74) is 7.11. The molecule has 2 aromatic rings. The van der Waals surface area contributed by atoms with Gasteiger partial charge >= 0.3 is 0 Å². The van der Waals surface area contributed by atoms with Gasteiger partial charge in [0, 0.05) is 18.2 Å². The molecule has 2 amide bonds. The van der Waals surface area contributed by atoms with E-state index in [1.54, 1.807) is 12.3 Å². The Bertz CT molecular complexity index is 724. The van der Waals surface area contributed by atoms with Gasteiger partial charge in [-0.2, -0.15) is 0 Å². The smallest absolute Gasteiger partial charge is 0.270 e. The van der Waals surface area contributed by atoms with Gasteiger partial charge in [-0.3, -0.25) is 14.6 Å². The van der Waals surface area contributed by atoms with Crippen molar-refractivity contribution >= 4 is 11.8 Å². The lowest BCUT2D eigenvalue weighted by Crippen LogP contribution is -2.55. The Morgan fingerprint density at radius 1 is 1.13 bits per heavy atom. The van der Waals surface area contributed by atoms with Crippen LogP contribution in [0, 0.1) is 0 Å². The van der Waals surface area contributed by atoms with Gasteiger partial charge in [0.15, 0.2) is 0 Å². The average Bonchev–Trinajstić information content (AvgIpc) is 2.53. The number of nitrogens with two attached hydrogens (primary N) is 1. The Kier molecular flexibility index (Phi) is 4.10. The Morgan fingerprint density at radius 3 is 2.48 bits per heavy atom. The number of hydrogen-bond donors (Lipinski definition) is 2. The number of hydrogen-bond acceptors (Lipinski definition) is 3. The van der Waals surface area contributed by atoms with Crippen molar-refractivity contribution in [2.45, 2.75) is 31.2 Å². The minimum absolute atomic E-state index is 0.178. The van der Waals surface area contributed by atoms with Crippen LogP contribution in [0.5, 0.6) is 0 Å². The van der Waals surface area contributed by atoms with Crippen molar-refractivity contribution in [1.29, 1.82) is 0 Å². The summed E-state index contributed by atoms with van der Waals surface area (Å²) in [6.07, 6.45) is 4.35. The molecule has 0 aliphatic heterocycles. The molecule has 23 heavy (non-hydrogen) atoms. The highest BCUT2D eigenvalue weighted by atomic mass is 16.2. The van der Waals surface area contributed by atoms with Gasteiger partial charge in [-0.05, 0) is 42.5 Å². The van der Waals surface area contributed by atoms with Gasteiger partial charge in [-0.15, -0.1) is 0 Å². The summed E-state index contributed by atoms with van der Waals surface area (Å²) < 4.78 is 0. The van der Waals surface area contributed by atoms with Crippen molar-refractivity contribution in [2.75, 3.05) is 0 Å². The van der Waals surface area contributed by atoms with E-state index in [9.17, 15) is 9.59 Å². The molecule has 3 rings (SSSR count). The summed E-state index contributed by atoms with van der Waals surface area (Å²) in [6.45, 7) is 0. The Morgan fingerprint density at radius 2 is 1.87 bits per heavy atom. The molecular formula is C18H19N3O2. The van der Waals surface area contributed by atoms with Crippen LogP contribution >= 0.6 is 0 Å². The van der Waals surface area contributed by atoms with E-state index in [2.05, 4.69) is 10.3 Å². The normalized spacial score (nSPS) is 15.5. The van der Waals surface area contributed by atoms with Crippen molar-refractivity contribution in [3.63, 3.8) is 0 Å². The van der Waals surface area contributed by atoms with Gasteiger partial charge in [0.25, 0.3) is 5.91 Å². The van der Waals surface area contributed by atoms with Gasteiger partial charge < -0.3 is 11.1 Å². The fourth-order valence-electron chi connectivity index (χ4n) is 2.95. The summed E-state index contributed by atoms with van der Waals surface area (Å²) in [5.74, 6) is -0.653. The first kappa shape index (κ1) is 15.2. The monoisotopic (exact) mass is 309 g/mol. The number of amides is 2. The maximum absolute atomic E-state index is 12.5. The van der Waals surface area contributed by atoms with Crippen LogP contribution < -0.4 is 11.1 Å². The fourth-order valence-corrected chi connectivity index (χ4v) is 2.95. The molecule has 0 saturated heterocycles. The van der Waals surface area contributed by atoms with Crippen molar-refractivity contribution < 1.29 is 9.59 Å². The molecule has 1 saturated carbocycles. The molecule has 1 aliphatic carbocycles. The van der Waals surface area contributed by atoms with E-state index in [0.29, 0.717) is 5.69 Å². The maximum Gasteiger partial charge on any atom is 0.270 e. The van der Waals surface area contributed by atoms with E-state index in [-0.39, 0.29) is 12.3 Å². The van der Waals surface area contributed by atoms with Gasteiger partial charge in [0.1, 0.15) is 5.69 Å². The average molecular weight is 309 g/mol. The Balaban J connectivity index is 1.79. The van der Waals surface area contributed by atoms with Crippen LogP contribution in [0.2, 0.25) is 0 Å². The lowest BCUT2D eigenvalue weighted by Gasteiger charge is -2.41. The summed E-state index contributed by atoms with van der Waals surface area (Å²) in [6, 6.07) is 13.4. The van der Waals surface area contributed by atoms with Crippen molar-refractivity contribution in [3.05, 3.63) is 54.4 Å². The quantitative estimate of drug-likeness (QED) is 0.888. The molecule has 1 aromatic carbocycles. The third-order valence-electron chi connectivity index (χ3n) is 4.30. The molecule has 0 unspecified atom stereocenters. The number of rotatable bonds is 5. The Labute approximate surface area is 134 Å². The summed E-state index contributed by atoms with van der Waals surface area (Å²) in [5, 5.41) is 2.95. The van der Waals surface area contributed by atoms with Crippen LogP contribution in [-0.4, -0.2) is 22.3 Å². The lowest BCUT2D eigenvalue weighted by molar-refractivity contribution is -0.120. The molecule has 118 valence electrons. The van der Waals surface area contributed by atoms with Gasteiger partial charge in [-0.1, -0.05) is 30.3 Å². The number of primary amides is 1. The molecule has 1 aromatic heterocycles. The molecule has 5 heteroatoms. The standard InChI is InChI=1S/C18H19N3O2/c19-16(22)12-18(8-4-9-18)21-17(23)15-11-14(7-10-20-15)13-5-2-1-3-6-13/h1-3,5-7,10-11H,4,8-9,12H2,(H2,19,22)(H,21,23). The van der Waals surface area contributed by atoms with Gasteiger partial charge in [0.2, 0.25) is 5.91 Å². The predicted octanol–water partition coefficient (Wildman–Crippen LogP) is 2.28. The van der Waals surface area contributed by atoms with E-state index in [0.717, 1.165) is 30.4 Å². The van der Waals surface area contributed by atoms with E-state index in [4.69, 9.17) is 5.73 Å². The third kappa shape index (κ3) is 3.39. The first-order chi connectivity index (χ1) is 11.1. The summed E-state index contributed by atoms with van der Waals surface area (Å²) in [4.78, 5) is 27.9. The highest BCUT2D eigenvalue weighted by Gasteiger charge is 2.40. The second kappa shape index (κ2) is 6.20. The number of nitrogens with zero attached hydrogens (tertiary/aromatic N) is 1. The zero-order valence-electron chi connectivity index (χ0n) is 12.8. The first-order valence-corrected chi connectivity index (χ1v) is 7.70. The van der Waals surface area contributed by atoms with E-state index < -0.39 is 11.4 Å². The van der Waals surface area contributed by atoms with Gasteiger partial charge in [-0.25, -0.2) is 0 Å². The van der Waals surface area contributed by atoms with E-state index in [1.807, 2.05) is 36.4 Å². The fraction of sp³-hybridized carbons (Fsp3) is 0.278. The van der Waals surface area contributed by atoms with Crippen molar-refractivity contribution in [2.24, 2.45) is 5.73 Å². The number of nitrogens with one attached hydrogen (secondary N) is 1. The molecule has 1 fully saturated rings. The molecule has 0 bridgehead atoms. The van der Waals surface area contributed by atoms with Crippen molar-refractivity contribution in [1.82, 2.24) is 10.3 Å². The largest absolute Gasteiger partial charge is 0.370 e. The number of carbonyl (C=O) groups is 2. The Hall–Kier alpha value is -2.69. The second-order valence-electron chi connectivity index (χ2n) is 6.03. The zero-order chi connectivity index (χ0) is 16.3. The van der Waals surface area contributed by atoms with Crippen LogP contribution in [0.3, 0.4) is 0 Å². The van der Waals surface area contributed by atoms with Crippen LogP contribution in [-0.2, 0) is 4.79 Å². The topological polar surface area (TPSA) is 85.1 Å². The molecule has 1 aliphatic rings. The molecule has 0 atom stereocenters. The predicted molar refractivity (Wildman–Crippen MR) is 87.5 cm³/mol. The molecule has 0 spiro atoms. The molecule has 1 heterocycles. The summed E-state index contributed by atoms with van der Waals surface area (Å²) >= 11 is 0. The number of benzene rings is 1. The summed E-state index contributed by atoms with van der Waals surface area (Å²) in [7, 11) is 0. The van der Waals surface area contributed by atoms with E-state index >= 15 is 0 Å². The second-order valence-corrected chi connectivity index (χ2v) is 6.03. The minimum Gasteiger partial charge on any atom is -0.370 e. The number of aromatic nitrogens is 1. The van der Waals surface area contributed by atoms with Crippen molar-refractivity contribution in [3.8, 4) is 11.1 Å². The molecule has 5 nitrogen and oxygen atoms in total. The van der Waals surface area contributed by atoms with Crippen LogP contribution in [0.1, 0.15) is 36.2 Å². The highest BCUT2D eigenvalue weighted by molar-refractivity contribution is 5.94. The third-order valence-corrected chi connectivity index (χ3v) is 4.30. The SMILES string of the molecule is NC(=O)CC1(NC(=O)c2cc(-c3ccccc3)ccn2)CCC1. The lowest BCUT2D eigenvalue weighted by atomic mass is 9.74. The highest BCUT2D eigenvalue weighted by Crippen LogP contribution is 2.35. The van der Waals surface area contributed by atoms with Gasteiger partial charge in [0.05, 0.1) is 0 Å². The minimum atomic E-state index is -0.493. The van der Waals surface area contributed by atoms with E-state index in [1.165, 1.54) is 0 Å². The van der Waals surface area contributed by atoms with Crippen LogP contribution in [0.4, 0.5) is 0 Å². The van der Waals surface area contributed by atoms with Crippen LogP contribution in [0.15, 0.2) is 48.7 Å². The molecular weight excluding hydrogens is 290 g/mol. The first-order valence-electron chi connectivity index (χ1n) is 7.70.